The Bertz CT molecular complexity index is 390. The van der Waals surface area contributed by atoms with Crippen molar-refractivity contribution in [3.05, 3.63) is 12.4 Å². The van der Waals surface area contributed by atoms with Crippen molar-refractivity contribution in [3.63, 3.8) is 0 Å². The van der Waals surface area contributed by atoms with E-state index in [2.05, 4.69) is 25.9 Å². The predicted octanol–water partition coefficient (Wildman–Crippen LogP) is 0.451. The molecular weight excluding hydrogens is 230 g/mol. The van der Waals surface area contributed by atoms with Crippen molar-refractivity contribution in [1.82, 2.24) is 15.3 Å². The number of nitrogens with zero attached hydrogens (tertiary/aromatic N) is 2. The molecule has 18 heavy (non-hydrogen) atoms. The van der Waals surface area contributed by atoms with Crippen LogP contribution in [0.3, 0.4) is 0 Å². The molecule has 3 N–H and O–H groups in total. The number of hydrogen-bond acceptors (Lipinski definition) is 6. The maximum absolute atomic E-state index is 5.62. The minimum Gasteiger partial charge on any atom is -0.374 e. The molecule has 2 fully saturated rings. The molecule has 3 rings (SSSR count). The van der Waals surface area contributed by atoms with E-state index in [1.54, 1.807) is 6.33 Å². The Labute approximate surface area is 107 Å². The van der Waals surface area contributed by atoms with Crippen molar-refractivity contribution in [2.24, 2.45) is 0 Å². The third-order valence-corrected chi connectivity index (χ3v) is 3.11. The second-order valence-electron chi connectivity index (χ2n) is 4.78. The molecule has 1 atom stereocenters. The van der Waals surface area contributed by atoms with Crippen molar-refractivity contribution in [1.29, 1.82) is 0 Å². The molecule has 0 radical (unpaired) electrons. The summed E-state index contributed by atoms with van der Waals surface area (Å²) in [6.45, 7) is 3.39. The van der Waals surface area contributed by atoms with Crippen LogP contribution in [0.25, 0.3) is 0 Å². The zero-order valence-corrected chi connectivity index (χ0v) is 10.4. The van der Waals surface area contributed by atoms with Gasteiger partial charge in [-0.2, -0.15) is 0 Å². The highest BCUT2D eigenvalue weighted by atomic mass is 16.5. The Morgan fingerprint density at radius 2 is 2.22 bits per heavy atom. The number of morpholine rings is 1. The summed E-state index contributed by atoms with van der Waals surface area (Å²) in [5, 5.41) is 9.96. The second-order valence-corrected chi connectivity index (χ2v) is 4.78. The van der Waals surface area contributed by atoms with Crippen LogP contribution in [0.4, 0.5) is 11.6 Å². The average Bonchev–Trinajstić information content (AvgIpc) is 3.22. The first-order chi connectivity index (χ1) is 8.90. The summed E-state index contributed by atoms with van der Waals surface area (Å²) in [5.74, 6) is 1.75. The lowest BCUT2D eigenvalue weighted by Crippen LogP contribution is -2.42. The molecule has 2 aliphatic rings. The van der Waals surface area contributed by atoms with Crippen molar-refractivity contribution in [2.45, 2.75) is 25.0 Å². The first kappa shape index (κ1) is 11.7. The summed E-state index contributed by atoms with van der Waals surface area (Å²) in [4.78, 5) is 8.42. The third kappa shape index (κ3) is 3.30. The highest BCUT2D eigenvalue weighted by molar-refractivity contribution is 5.47. The minimum atomic E-state index is 0.216. The van der Waals surface area contributed by atoms with E-state index < -0.39 is 0 Å². The predicted molar refractivity (Wildman–Crippen MR) is 69.8 cm³/mol. The molecule has 1 saturated carbocycles. The van der Waals surface area contributed by atoms with Gasteiger partial charge in [-0.1, -0.05) is 0 Å². The number of ether oxygens (including phenoxy) is 1. The Morgan fingerprint density at radius 3 is 3.00 bits per heavy atom. The molecule has 1 aliphatic carbocycles. The normalized spacial score (nSPS) is 23.7. The van der Waals surface area contributed by atoms with E-state index in [0.29, 0.717) is 6.04 Å². The number of hydrogen-bond donors (Lipinski definition) is 3. The molecule has 0 aromatic carbocycles. The third-order valence-electron chi connectivity index (χ3n) is 3.11. The van der Waals surface area contributed by atoms with Gasteiger partial charge in [-0.3, -0.25) is 0 Å². The minimum absolute atomic E-state index is 0.216. The zero-order valence-electron chi connectivity index (χ0n) is 10.4. The number of aromatic nitrogens is 2. The van der Waals surface area contributed by atoms with Crippen LogP contribution in [0.15, 0.2) is 12.4 Å². The molecule has 6 nitrogen and oxygen atoms in total. The fourth-order valence-corrected chi connectivity index (χ4v) is 1.94. The summed E-state index contributed by atoms with van der Waals surface area (Å²) in [6, 6.07) is 2.56. The lowest BCUT2D eigenvalue weighted by atomic mass is 10.3. The van der Waals surface area contributed by atoms with Gasteiger partial charge in [0, 0.05) is 31.7 Å². The molecule has 1 unspecified atom stereocenters. The van der Waals surface area contributed by atoms with Crippen LogP contribution in [0.2, 0.25) is 0 Å². The van der Waals surface area contributed by atoms with E-state index in [1.807, 2.05) is 6.07 Å². The highest BCUT2D eigenvalue weighted by Crippen LogP contribution is 2.24. The van der Waals surface area contributed by atoms with Gasteiger partial charge in [0.25, 0.3) is 0 Å². The van der Waals surface area contributed by atoms with Crippen LogP contribution in [0, 0.1) is 0 Å². The van der Waals surface area contributed by atoms with Gasteiger partial charge in [0.1, 0.15) is 18.0 Å². The van der Waals surface area contributed by atoms with Crippen LogP contribution in [-0.4, -0.2) is 48.4 Å². The molecule has 0 bridgehead atoms. The van der Waals surface area contributed by atoms with Gasteiger partial charge in [0.15, 0.2) is 0 Å². The van der Waals surface area contributed by atoms with Gasteiger partial charge in [-0.15, -0.1) is 0 Å². The summed E-state index contributed by atoms with van der Waals surface area (Å²) in [7, 11) is 0. The van der Waals surface area contributed by atoms with Gasteiger partial charge >= 0.3 is 0 Å². The molecule has 2 heterocycles. The first-order valence-corrected chi connectivity index (χ1v) is 6.55. The molecule has 1 saturated heterocycles. The van der Waals surface area contributed by atoms with Gasteiger partial charge in [-0.05, 0) is 12.8 Å². The molecule has 98 valence electrons. The van der Waals surface area contributed by atoms with Gasteiger partial charge in [0.05, 0.1) is 12.7 Å². The molecule has 6 heteroatoms. The van der Waals surface area contributed by atoms with E-state index in [9.17, 15) is 0 Å². The highest BCUT2D eigenvalue weighted by Gasteiger charge is 2.21. The van der Waals surface area contributed by atoms with Gasteiger partial charge in [-0.25, -0.2) is 9.97 Å². The van der Waals surface area contributed by atoms with Gasteiger partial charge < -0.3 is 20.7 Å². The lowest BCUT2D eigenvalue weighted by molar-refractivity contribution is 0.0372. The van der Waals surface area contributed by atoms with Crippen LogP contribution in [0.1, 0.15) is 12.8 Å². The fraction of sp³-hybridized carbons (Fsp3) is 0.667. The Kier molecular flexibility index (Phi) is 3.56. The van der Waals surface area contributed by atoms with Crippen LogP contribution < -0.4 is 16.0 Å². The lowest BCUT2D eigenvalue weighted by Gasteiger charge is -2.23. The monoisotopic (exact) mass is 249 g/mol. The summed E-state index contributed by atoms with van der Waals surface area (Å²) < 4.78 is 5.62. The Morgan fingerprint density at radius 1 is 1.33 bits per heavy atom. The molecule has 1 aromatic rings. The quantitative estimate of drug-likeness (QED) is 0.704. The molecule has 1 aromatic heterocycles. The van der Waals surface area contributed by atoms with Crippen LogP contribution in [0.5, 0.6) is 0 Å². The fourth-order valence-electron chi connectivity index (χ4n) is 1.94. The molecule has 1 aliphatic heterocycles. The second kappa shape index (κ2) is 5.49. The topological polar surface area (TPSA) is 71.1 Å². The first-order valence-electron chi connectivity index (χ1n) is 6.55. The van der Waals surface area contributed by atoms with Crippen molar-refractivity contribution < 1.29 is 4.74 Å². The summed E-state index contributed by atoms with van der Waals surface area (Å²) >= 11 is 0. The zero-order chi connectivity index (χ0) is 12.2. The molecule has 0 amide bonds. The van der Waals surface area contributed by atoms with Crippen molar-refractivity contribution >= 4 is 11.6 Å². The Hall–Kier alpha value is -1.40. The van der Waals surface area contributed by atoms with Gasteiger partial charge in [0.2, 0.25) is 0 Å². The number of nitrogens with one attached hydrogen (secondary N) is 3. The van der Waals surface area contributed by atoms with E-state index >= 15 is 0 Å². The van der Waals surface area contributed by atoms with Crippen LogP contribution in [-0.2, 0) is 4.74 Å². The van der Waals surface area contributed by atoms with E-state index in [0.717, 1.165) is 37.9 Å². The Balaban J connectivity index is 1.51. The van der Waals surface area contributed by atoms with Crippen molar-refractivity contribution in [3.8, 4) is 0 Å². The summed E-state index contributed by atoms with van der Waals surface area (Å²) in [6.07, 6.45) is 4.30. The standard InChI is InChI=1S/C12H19N5O/c1-2-9(1)17-12-5-11(15-8-16-12)14-7-10-6-13-3-4-18-10/h5,8-10,13H,1-4,6-7H2,(H2,14,15,16,17). The molecular formula is C12H19N5O. The average molecular weight is 249 g/mol. The maximum Gasteiger partial charge on any atom is 0.131 e. The smallest absolute Gasteiger partial charge is 0.131 e. The molecule has 0 spiro atoms. The SMILES string of the molecule is c1nc(NCC2CNCCO2)cc(NC2CC2)n1. The number of anilines is 2. The van der Waals surface area contributed by atoms with E-state index in [1.165, 1.54) is 12.8 Å². The maximum atomic E-state index is 5.62. The van der Waals surface area contributed by atoms with E-state index in [-0.39, 0.29) is 6.10 Å². The largest absolute Gasteiger partial charge is 0.374 e. The van der Waals surface area contributed by atoms with Crippen LogP contribution >= 0.6 is 0 Å². The van der Waals surface area contributed by atoms with Crippen molar-refractivity contribution in [2.75, 3.05) is 36.9 Å². The van der Waals surface area contributed by atoms with E-state index in [4.69, 9.17) is 4.74 Å². The summed E-state index contributed by atoms with van der Waals surface area (Å²) in [5.41, 5.74) is 0. The number of rotatable bonds is 5.